The summed E-state index contributed by atoms with van der Waals surface area (Å²) in [4.78, 5) is 10.7. The van der Waals surface area contributed by atoms with Crippen LogP contribution in [-0.2, 0) is 4.79 Å². The van der Waals surface area contributed by atoms with E-state index in [9.17, 15) is 4.79 Å². The molecule has 0 aromatic carbocycles. The van der Waals surface area contributed by atoms with Crippen LogP contribution in [0, 0.1) is 11.8 Å². The zero-order valence-corrected chi connectivity index (χ0v) is 9.05. The minimum atomic E-state index is -0.598. The van der Waals surface area contributed by atoms with Gasteiger partial charge in [0.2, 0.25) is 0 Å². The highest BCUT2D eigenvalue weighted by Gasteiger charge is 2.22. The summed E-state index contributed by atoms with van der Waals surface area (Å²) in [6, 6.07) is 0. The van der Waals surface area contributed by atoms with E-state index in [1.54, 1.807) is 0 Å². The molecule has 0 spiro atoms. The van der Waals surface area contributed by atoms with Crippen molar-refractivity contribution in [1.29, 1.82) is 0 Å². The Morgan fingerprint density at radius 3 is 2.31 bits per heavy atom. The van der Waals surface area contributed by atoms with Gasteiger partial charge in [-0.3, -0.25) is 4.79 Å². The summed E-state index contributed by atoms with van der Waals surface area (Å²) in [7, 11) is 0. The van der Waals surface area contributed by atoms with Crippen LogP contribution in [0.3, 0.4) is 0 Å². The molecule has 1 N–H and O–H groups in total. The Kier molecular flexibility index (Phi) is 6.65. The van der Waals surface area contributed by atoms with Gasteiger partial charge in [-0.15, -0.1) is 0 Å². The van der Waals surface area contributed by atoms with Crippen LogP contribution in [0.25, 0.3) is 0 Å². The van der Waals surface area contributed by atoms with E-state index >= 15 is 0 Å². The Morgan fingerprint density at radius 2 is 1.77 bits per heavy atom. The zero-order chi connectivity index (χ0) is 10.3. The lowest BCUT2D eigenvalue weighted by Gasteiger charge is -2.11. The van der Waals surface area contributed by atoms with Crippen molar-refractivity contribution in [1.82, 2.24) is 0 Å². The first-order valence-electron chi connectivity index (χ1n) is 5.43. The molecule has 0 aromatic heterocycles. The third kappa shape index (κ3) is 4.91. The smallest absolute Gasteiger partial charge is 0.306 e. The Balaban J connectivity index is 0.000000671. The van der Waals surface area contributed by atoms with E-state index in [0.717, 1.165) is 19.3 Å². The molecule has 0 heterocycles. The number of rotatable bonds is 1. The third-order valence-corrected chi connectivity index (χ3v) is 2.54. The van der Waals surface area contributed by atoms with E-state index in [1.165, 1.54) is 12.8 Å². The van der Waals surface area contributed by atoms with Gasteiger partial charge in [0.25, 0.3) is 0 Å². The van der Waals surface area contributed by atoms with Gasteiger partial charge >= 0.3 is 5.97 Å². The first kappa shape index (κ1) is 12.5. The van der Waals surface area contributed by atoms with Crippen LogP contribution in [0.15, 0.2) is 0 Å². The predicted octanol–water partition coefficient (Wildman–Crippen LogP) is 3.31. The second-order valence-electron chi connectivity index (χ2n) is 3.66. The maximum Gasteiger partial charge on any atom is 0.306 e. The molecule has 1 aliphatic rings. The lowest BCUT2D eigenvalue weighted by Crippen LogP contribution is -2.14. The highest BCUT2D eigenvalue weighted by atomic mass is 16.4. The molecule has 0 aliphatic heterocycles. The maximum atomic E-state index is 10.7. The van der Waals surface area contributed by atoms with Crippen molar-refractivity contribution in [2.75, 3.05) is 0 Å². The van der Waals surface area contributed by atoms with E-state index < -0.39 is 5.97 Å². The molecule has 2 nitrogen and oxygen atoms in total. The van der Waals surface area contributed by atoms with Gasteiger partial charge in [0.1, 0.15) is 0 Å². The second-order valence-corrected chi connectivity index (χ2v) is 3.66. The Morgan fingerprint density at radius 1 is 1.23 bits per heavy atom. The van der Waals surface area contributed by atoms with Crippen molar-refractivity contribution >= 4 is 5.97 Å². The summed E-state index contributed by atoms with van der Waals surface area (Å²) in [5.41, 5.74) is 0. The fraction of sp³-hybridized carbons (Fsp3) is 0.909. The van der Waals surface area contributed by atoms with E-state index in [0.29, 0.717) is 5.92 Å². The lowest BCUT2D eigenvalue weighted by atomic mass is 9.95. The van der Waals surface area contributed by atoms with E-state index in [2.05, 4.69) is 6.92 Å². The largest absolute Gasteiger partial charge is 0.481 e. The molecule has 78 valence electrons. The Hall–Kier alpha value is -0.530. The topological polar surface area (TPSA) is 37.3 Å². The SMILES string of the molecule is CC.CC1CCCCC(C(=O)O)C1. The highest BCUT2D eigenvalue weighted by Crippen LogP contribution is 2.27. The van der Waals surface area contributed by atoms with Crippen LogP contribution < -0.4 is 0 Å². The van der Waals surface area contributed by atoms with Crippen molar-refractivity contribution in [3.8, 4) is 0 Å². The summed E-state index contributed by atoms with van der Waals surface area (Å²) in [5.74, 6) is -0.0511. The van der Waals surface area contributed by atoms with Crippen molar-refractivity contribution in [3.05, 3.63) is 0 Å². The van der Waals surface area contributed by atoms with Crippen LogP contribution >= 0.6 is 0 Å². The molecule has 0 amide bonds. The Bertz CT molecular complexity index is 143. The van der Waals surface area contributed by atoms with Crippen molar-refractivity contribution in [2.45, 2.75) is 52.9 Å². The van der Waals surface area contributed by atoms with Crippen molar-refractivity contribution < 1.29 is 9.90 Å². The summed E-state index contributed by atoms with van der Waals surface area (Å²) in [5, 5.41) is 8.78. The molecular formula is C11H22O2. The fourth-order valence-electron chi connectivity index (χ4n) is 1.83. The normalized spacial score (nSPS) is 28.2. The molecule has 0 saturated heterocycles. The van der Waals surface area contributed by atoms with Gasteiger partial charge in [0.05, 0.1) is 5.92 Å². The molecule has 0 aromatic rings. The average Bonchev–Trinajstić information content (AvgIpc) is 2.33. The number of aliphatic carboxylic acids is 1. The minimum absolute atomic E-state index is 0.0625. The maximum absolute atomic E-state index is 10.7. The van der Waals surface area contributed by atoms with Gasteiger partial charge in [0, 0.05) is 0 Å². The number of carbonyl (C=O) groups is 1. The molecule has 0 radical (unpaired) electrons. The van der Waals surface area contributed by atoms with Gasteiger partial charge in [-0.05, 0) is 18.8 Å². The first-order chi connectivity index (χ1) is 6.20. The summed E-state index contributed by atoms with van der Waals surface area (Å²) >= 11 is 0. The molecule has 2 heteroatoms. The monoisotopic (exact) mass is 186 g/mol. The van der Waals surface area contributed by atoms with Gasteiger partial charge in [-0.1, -0.05) is 40.0 Å². The average molecular weight is 186 g/mol. The number of hydrogen-bond donors (Lipinski definition) is 1. The van der Waals surface area contributed by atoms with Crippen LogP contribution in [-0.4, -0.2) is 11.1 Å². The summed E-state index contributed by atoms with van der Waals surface area (Å²) in [6.07, 6.45) is 5.30. The second kappa shape index (κ2) is 6.93. The van der Waals surface area contributed by atoms with E-state index in [4.69, 9.17) is 5.11 Å². The van der Waals surface area contributed by atoms with Gasteiger partial charge in [-0.2, -0.15) is 0 Å². The predicted molar refractivity (Wildman–Crippen MR) is 54.7 cm³/mol. The quantitative estimate of drug-likeness (QED) is 0.638. The number of carboxylic acid groups (broad SMARTS) is 1. The van der Waals surface area contributed by atoms with Crippen LogP contribution in [0.4, 0.5) is 0 Å². The van der Waals surface area contributed by atoms with Crippen LogP contribution in [0.2, 0.25) is 0 Å². The van der Waals surface area contributed by atoms with Crippen molar-refractivity contribution in [3.63, 3.8) is 0 Å². The molecule has 2 unspecified atom stereocenters. The molecular weight excluding hydrogens is 164 g/mol. The standard InChI is InChI=1S/C9H16O2.C2H6/c1-7-4-2-3-5-8(6-7)9(10)11;1-2/h7-8H,2-6H2,1H3,(H,10,11);1-2H3. The Labute approximate surface area is 81.3 Å². The minimum Gasteiger partial charge on any atom is -0.481 e. The molecule has 13 heavy (non-hydrogen) atoms. The number of carboxylic acids is 1. The highest BCUT2D eigenvalue weighted by molar-refractivity contribution is 5.69. The molecule has 1 aliphatic carbocycles. The van der Waals surface area contributed by atoms with Gasteiger partial charge in [0.15, 0.2) is 0 Å². The van der Waals surface area contributed by atoms with E-state index in [1.807, 2.05) is 13.8 Å². The lowest BCUT2D eigenvalue weighted by molar-refractivity contribution is -0.142. The van der Waals surface area contributed by atoms with Crippen LogP contribution in [0.5, 0.6) is 0 Å². The van der Waals surface area contributed by atoms with Gasteiger partial charge in [-0.25, -0.2) is 0 Å². The molecule has 1 fully saturated rings. The summed E-state index contributed by atoms with van der Waals surface area (Å²) in [6.45, 7) is 6.15. The first-order valence-corrected chi connectivity index (χ1v) is 5.43. The van der Waals surface area contributed by atoms with Crippen LogP contribution in [0.1, 0.15) is 52.9 Å². The molecule has 1 rings (SSSR count). The fourth-order valence-corrected chi connectivity index (χ4v) is 1.83. The van der Waals surface area contributed by atoms with Gasteiger partial charge < -0.3 is 5.11 Å². The van der Waals surface area contributed by atoms with Crippen molar-refractivity contribution in [2.24, 2.45) is 11.8 Å². The third-order valence-electron chi connectivity index (χ3n) is 2.54. The molecule has 2 atom stereocenters. The zero-order valence-electron chi connectivity index (χ0n) is 9.05. The van der Waals surface area contributed by atoms with E-state index in [-0.39, 0.29) is 5.92 Å². The number of hydrogen-bond acceptors (Lipinski definition) is 1. The summed E-state index contributed by atoms with van der Waals surface area (Å²) < 4.78 is 0. The molecule has 0 bridgehead atoms. The molecule has 1 saturated carbocycles.